The van der Waals surface area contributed by atoms with Crippen molar-refractivity contribution in [2.45, 2.75) is 13.3 Å². The van der Waals surface area contributed by atoms with Gasteiger partial charge in [0.2, 0.25) is 0 Å². The Morgan fingerprint density at radius 3 is 2.80 bits per heavy atom. The lowest BCUT2D eigenvalue weighted by molar-refractivity contribution is -0.385. The first-order valence-electron chi connectivity index (χ1n) is 7.47. The lowest BCUT2D eigenvalue weighted by atomic mass is 10.1. The number of nitro benzene ring substituents is 1. The van der Waals surface area contributed by atoms with E-state index in [0.717, 1.165) is 0 Å². The quantitative estimate of drug-likeness (QED) is 0.474. The van der Waals surface area contributed by atoms with Gasteiger partial charge in [-0.05, 0) is 18.6 Å². The Morgan fingerprint density at radius 2 is 2.12 bits per heavy atom. The molecule has 0 heterocycles. The summed E-state index contributed by atoms with van der Waals surface area (Å²) in [5.74, 6) is -1.19. The molecule has 0 aliphatic carbocycles. The molecule has 2 aromatic carbocycles. The highest BCUT2D eigenvalue weighted by Gasteiger charge is 2.12. The van der Waals surface area contributed by atoms with E-state index in [1.165, 1.54) is 30.5 Å². The van der Waals surface area contributed by atoms with Crippen LogP contribution in [0, 0.1) is 15.9 Å². The molecule has 8 heteroatoms. The highest BCUT2D eigenvalue weighted by molar-refractivity contribution is 5.83. The molecule has 0 spiro atoms. The van der Waals surface area contributed by atoms with Crippen LogP contribution in [0.3, 0.4) is 0 Å². The van der Waals surface area contributed by atoms with Gasteiger partial charge in [-0.3, -0.25) is 14.9 Å². The number of amides is 1. The van der Waals surface area contributed by atoms with Crippen LogP contribution in [0.15, 0.2) is 47.6 Å². The third-order valence-electron chi connectivity index (χ3n) is 3.29. The maximum atomic E-state index is 13.3. The molecule has 0 unspecified atom stereocenters. The zero-order valence-electron chi connectivity index (χ0n) is 13.4. The van der Waals surface area contributed by atoms with Crippen molar-refractivity contribution in [1.29, 1.82) is 0 Å². The van der Waals surface area contributed by atoms with E-state index in [1.807, 2.05) is 6.92 Å². The van der Waals surface area contributed by atoms with Gasteiger partial charge in [0.1, 0.15) is 0 Å². The first kappa shape index (κ1) is 18.1. The number of carbonyl (C=O) groups excluding carboxylic acids is 1. The second-order valence-electron chi connectivity index (χ2n) is 5.01. The number of para-hydroxylation sites is 1. The maximum Gasteiger partial charge on any atom is 0.277 e. The molecular formula is C17H16FN3O4. The van der Waals surface area contributed by atoms with Crippen molar-refractivity contribution >= 4 is 17.8 Å². The zero-order chi connectivity index (χ0) is 18.2. The number of ether oxygens (including phenoxy) is 1. The van der Waals surface area contributed by atoms with E-state index in [9.17, 15) is 19.3 Å². The van der Waals surface area contributed by atoms with Gasteiger partial charge in [-0.15, -0.1) is 0 Å². The summed E-state index contributed by atoms with van der Waals surface area (Å²) < 4.78 is 18.4. The molecule has 0 saturated heterocycles. The standard InChI is InChI=1S/C17H16FN3O4/c1-2-13-8-7-12(9-15(13)21(23)24)10-19-20-17(22)11-25-16-6-4-3-5-14(16)18/h3-10H,2,11H2,1H3,(H,20,22)/b19-10-. The van der Waals surface area contributed by atoms with Crippen molar-refractivity contribution in [3.05, 3.63) is 69.5 Å². The lowest BCUT2D eigenvalue weighted by Crippen LogP contribution is -2.24. The number of rotatable bonds is 7. The maximum absolute atomic E-state index is 13.3. The molecule has 0 saturated carbocycles. The van der Waals surface area contributed by atoms with Crippen molar-refractivity contribution in [3.8, 4) is 5.75 Å². The number of nitrogens with one attached hydrogen (secondary N) is 1. The summed E-state index contributed by atoms with van der Waals surface area (Å²) in [4.78, 5) is 22.2. The van der Waals surface area contributed by atoms with Crippen molar-refractivity contribution in [2.75, 3.05) is 6.61 Å². The molecule has 25 heavy (non-hydrogen) atoms. The number of benzene rings is 2. The van der Waals surface area contributed by atoms with Gasteiger partial charge in [0, 0.05) is 17.2 Å². The third kappa shape index (κ3) is 5.10. The molecule has 0 aromatic heterocycles. The van der Waals surface area contributed by atoms with Gasteiger partial charge >= 0.3 is 0 Å². The topological polar surface area (TPSA) is 93.8 Å². The first-order valence-corrected chi connectivity index (χ1v) is 7.47. The smallest absolute Gasteiger partial charge is 0.277 e. The van der Waals surface area contributed by atoms with E-state index in [2.05, 4.69) is 10.5 Å². The van der Waals surface area contributed by atoms with E-state index in [-0.39, 0.29) is 11.4 Å². The largest absolute Gasteiger partial charge is 0.481 e. The van der Waals surface area contributed by atoms with Gasteiger partial charge in [-0.25, -0.2) is 9.82 Å². The Bertz CT molecular complexity index is 808. The Hall–Kier alpha value is -3.29. The van der Waals surface area contributed by atoms with Crippen molar-refractivity contribution in [1.82, 2.24) is 5.43 Å². The minimum absolute atomic E-state index is 0.000614. The van der Waals surface area contributed by atoms with E-state index >= 15 is 0 Å². The fourth-order valence-corrected chi connectivity index (χ4v) is 2.05. The average molecular weight is 345 g/mol. The third-order valence-corrected chi connectivity index (χ3v) is 3.29. The number of hydrogen-bond donors (Lipinski definition) is 1. The summed E-state index contributed by atoms with van der Waals surface area (Å²) in [6, 6.07) is 10.4. The molecule has 0 fully saturated rings. The van der Waals surface area contributed by atoms with Crippen LogP contribution in [0.1, 0.15) is 18.1 Å². The first-order chi connectivity index (χ1) is 12.0. The fraction of sp³-hybridized carbons (Fsp3) is 0.176. The molecule has 2 rings (SSSR count). The molecule has 130 valence electrons. The molecule has 1 N–H and O–H groups in total. The molecule has 0 atom stereocenters. The normalized spacial score (nSPS) is 10.6. The number of nitrogens with zero attached hydrogens (tertiary/aromatic N) is 2. The van der Waals surface area contributed by atoms with Gasteiger partial charge < -0.3 is 4.74 Å². The molecule has 2 aromatic rings. The minimum Gasteiger partial charge on any atom is -0.481 e. The van der Waals surface area contributed by atoms with Gasteiger partial charge in [-0.2, -0.15) is 5.10 Å². The van der Waals surface area contributed by atoms with E-state index in [0.29, 0.717) is 17.5 Å². The van der Waals surface area contributed by atoms with E-state index in [1.54, 1.807) is 18.2 Å². The van der Waals surface area contributed by atoms with Crippen molar-refractivity contribution in [2.24, 2.45) is 5.10 Å². The monoisotopic (exact) mass is 345 g/mol. The van der Waals surface area contributed by atoms with E-state index in [4.69, 9.17) is 4.74 Å². The van der Waals surface area contributed by atoms with Gasteiger partial charge in [-0.1, -0.05) is 31.2 Å². The summed E-state index contributed by atoms with van der Waals surface area (Å²) >= 11 is 0. The minimum atomic E-state index is -0.584. The predicted octanol–water partition coefficient (Wildman–Crippen LogP) is 2.83. The Kier molecular flexibility index (Phi) is 6.16. The highest BCUT2D eigenvalue weighted by Crippen LogP contribution is 2.20. The Labute approximate surface area is 143 Å². The fourth-order valence-electron chi connectivity index (χ4n) is 2.05. The molecule has 0 radical (unpaired) electrons. The second kappa shape index (κ2) is 8.53. The van der Waals surface area contributed by atoms with Crippen LogP contribution < -0.4 is 10.2 Å². The average Bonchev–Trinajstić information content (AvgIpc) is 2.61. The Morgan fingerprint density at radius 1 is 1.36 bits per heavy atom. The molecule has 0 aliphatic heterocycles. The number of carbonyl (C=O) groups is 1. The van der Waals surface area contributed by atoms with Crippen molar-refractivity contribution in [3.63, 3.8) is 0 Å². The molecule has 0 bridgehead atoms. The molecular weight excluding hydrogens is 329 g/mol. The SMILES string of the molecule is CCc1ccc(/C=N\NC(=O)COc2ccccc2F)cc1[N+](=O)[O-]. The van der Waals surface area contributed by atoms with Crippen LogP contribution in [-0.2, 0) is 11.2 Å². The molecule has 1 amide bonds. The van der Waals surface area contributed by atoms with Crippen LogP contribution in [0.5, 0.6) is 5.75 Å². The number of aryl methyl sites for hydroxylation is 1. The lowest BCUT2D eigenvalue weighted by Gasteiger charge is -2.05. The van der Waals surface area contributed by atoms with Gasteiger partial charge in [0.05, 0.1) is 11.1 Å². The number of nitro groups is 1. The number of halogens is 1. The van der Waals surface area contributed by atoms with Crippen LogP contribution in [0.4, 0.5) is 10.1 Å². The highest BCUT2D eigenvalue weighted by atomic mass is 19.1. The van der Waals surface area contributed by atoms with Crippen LogP contribution in [0.25, 0.3) is 0 Å². The van der Waals surface area contributed by atoms with E-state index < -0.39 is 23.3 Å². The summed E-state index contributed by atoms with van der Waals surface area (Å²) in [6.45, 7) is 1.42. The summed E-state index contributed by atoms with van der Waals surface area (Å²) in [6.07, 6.45) is 1.82. The van der Waals surface area contributed by atoms with Gasteiger partial charge in [0.15, 0.2) is 18.2 Å². The second-order valence-corrected chi connectivity index (χ2v) is 5.01. The summed E-state index contributed by atoms with van der Waals surface area (Å²) in [5.41, 5.74) is 3.30. The predicted molar refractivity (Wildman–Crippen MR) is 90.1 cm³/mol. The van der Waals surface area contributed by atoms with Gasteiger partial charge in [0.25, 0.3) is 11.6 Å². The Balaban J connectivity index is 1.92. The molecule has 7 nitrogen and oxygen atoms in total. The van der Waals surface area contributed by atoms with Crippen LogP contribution >= 0.6 is 0 Å². The van der Waals surface area contributed by atoms with Crippen LogP contribution in [-0.4, -0.2) is 23.7 Å². The van der Waals surface area contributed by atoms with Crippen molar-refractivity contribution < 1.29 is 18.8 Å². The number of hydrazone groups is 1. The summed E-state index contributed by atoms with van der Waals surface area (Å²) in [7, 11) is 0. The number of hydrogen-bond acceptors (Lipinski definition) is 5. The summed E-state index contributed by atoms with van der Waals surface area (Å²) in [5, 5.41) is 14.7. The zero-order valence-corrected chi connectivity index (χ0v) is 13.4. The van der Waals surface area contributed by atoms with Crippen LogP contribution in [0.2, 0.25) is 0 Å². The molecule has 0 aliphatic rings.